The first-order valence-corrected chi connectivity index (χ1v) is 11.4. The van der Waals surface area contributed by atoms with Gasteiger partial charge in [0.2, 0.25) is 5.95 Å². The molecule has 1 aromatic carbocycles. The quantitative estimate of drug-likeness (QED) is 0.465. The molecule has 4 heterocycles. The van der Waals surface area contributed by atoms with Gasteiger partial charge in [0.1, 0.15) is 0 Å². The maximum Gasteiger partial charge on any atom is 0.332 e. The Bertz CT molecular complexity index is 1570. The van der Waals surface area contributed by atoms with E-state index in [4.69, 9.17) is 10.7 Å². The first-order chi connectivity index (χ1) is 16.5. The topological polar surface area (TPSA) is 104 Å². The van der Waals surface area contributed by atoms with E-state index in [0.29, 0.717) is 30.2 Å². The Kier molecular flexibility index (Phi) is 5.67. The molecule has 9 nitrogen and oxygen atoms in total. The molecule has 174 valence electrons. The minimum atomic E-state index is -0.406. The molecule has 34 heavy (non-hydrogen) atoms. The van der Waals surface area contributed by atoms with Gasteiger partial charge in [0.25, 0.3) is 5.56 Å². The fourth-order valence-electron chi connectivity index (χ4n) is 4.65. The lowest BCUT2D eigenvalue weighted by Crippen LogP contribution is -2.44. The van der Waals surface area contributed by atoms with Crippen LogP contribution in [0.3, 0.4) is 0 Å². The molecule has 1 unspecified atom stereocenters. The van der Waals surface area contributed by atoms with Crippen molar-refractivity contribution in [2.75, 3.05) is 18.0 Å². The molecule has 2 N–H and O–H groups in total. The van der Waals surface area contributed by atoms with E-state index in [1.54, 1.807) is 20.2 Å². The van der Waals surface area contributed by atoms with E-state index in [1.165, 1.54) is 9.13 Å². The maximum absolute atomic E-state index is 13.7. The molecule has 1 atom stereocenters. The number of fused-ring (bicyclic) bond motifs is 2. The van der Waals surface area contributed by atoms with Crippen molar-refractivity contribution >= 4 is 28.0 Å². The number of aryl methyl sites for hydroxylation is 1. The highest BCUT2D eigenvalue weighted by atomic mass is 16.2. The molecule has 1 aliphatic rings. The van der Waals surface area contributed by atoms with Crippen LogP contribution in [0.2, 0.25) is 0 Å². The molecule has 0 aliphatic carbocycles. The van der Waals surface area contributed by atoms with Gasteiger partial charge in [-0.25, -0.2) is 4.79 Å². The van der Waals surface area contributed by atoms with Crippen molar-refractivity contribution in [3.05, 3.63) is 62.9 Å². The molecule has 5 rings (SSSR count). The van der Waals surface area contributed by atoms with E-state index < -0.39 is 5.69 Å². The van der Waals surface area contributed by atoms with E-state index in [2.05, 4.69) is 21.7 Å². The van der Waals surface area contributed by atoms with Crippen molar-refractivity contribution in [3.8, 4) is 11.8 Å². The third-order valence-corrected chi connectivity index (χ3v) is 6.38. The molecule has 9 heteroatoms. The summed E-state index contributed by atoms with van der Waals surface area (Å²) in [6, 6.07) is 9.62. The molecule has 0 bridgehead atoms. The average molecular weight is 458 g/mol. The summed E-state index contributed by atoms with van der Waals surface area (Å²) >= 11 is 0. The monoisotopic (exact) mass is 457 g/mol. The predicted molar refractivity (Wildman–Crippen MR) is 133 cm³/mol. The minimum absolute atomic E-state index is 0.0437. The number of nitrogens with zero attached hydrogens (tertiary/aromatic N) is 6. The largest absolute Gasteiger partial charge is 0.341 e. The zero-order valence-electron chi connectivity index (χ0n) is 19.4. The van der Waals surface area contributed by atoms with Gasteiger partial charge < -0.3 is 10.6 Å². The number of pyridine rings is 1. The Balaban J connectivity index is 1.68. The molecule has 1 fully saturated rings. The van der Waals surface area contributed by atoms with Crippen molar-refractivity contribution < 1.29 is 0 Å². The summed E-state index contributed by atoms with van der Waals surface area (Å²) in [6.07, 6.45) is 3.64. The van der Waals surface area contributed by atoms with Crippen LogP contribution >= 0.6 is 0 Å². The van der Waals surface area contributed by atoms with Crippen molar-refractivity contribution in [2.45, 2.75) is 38.9 Å². The SMILES string of the molecule is CC#CCn1c(N2CCCC(N)C2)nc2c1c(=O)n(Cc1ccc3ncccc3c1)c(=O)n2C. The zero-order valence-corrected chi connectivity index (χ0v) is 19.4. The van der Waals surface area contributed by atoms with Crippen LogP contribution in [0.1, 0.15) is 25.3 Å². The van der Waals surface area contributed by atoms with E-state index >= 15 is 0 Å². The van der Waals surface area contributed by atoms with Crippen LogP contribution < -0.4 is 21.9 Å². The maximum atomic E-state index is 13.7. The van der Waals surface area contributed by atoms with Crippen LogP contribution in [0, 0.1) is 11.8 Å². The van der Waals surface area contributed by atoms with Crippen molar-refractivity contribution in [1.29, 1.82) is 0 Å². The Morgan fingerprint density at radius 2 is 2.06 bits per heavy atom. The van der Waals surface area contributed by atoms with Gasteiger partial charge in [0.05, 0.1) is 18.6 Å². The molecule has 0 amide bonds. The summed E-state index contributed by atoms with van der Waals surface area (Å²) < 4.78 is 4.54. The van der Waals surface area contributed by atoms with Crippen LogP contribution in [0.25, 0.3) is 22.1 Å². The van der Waals surface area contributed by atoms with E-state index in [9.17, 15) is 9.59 Å². The number of imidazole rings is 1. The number of hydrogen-bond acceptors (Lipinski definition) is 6. The number of benzene rings is 1. The van der Waals surface area contributed by atoms with Crippen LogP contribution in [0.4, 0.5) is 5.95 Å². The molecule has 1 saturated heterocycles. The number of rotatable bonds is 4. The Morgan fingerprint density at radius 3 is 2.85 bits per heavy atom. The Morgan fingerprint density at radius 1 is 1.21 bits per heavy atom. The number of nitrogens with two attached hydrogens (primary N) is 1. The van der Waals surface area contributed by atoms with Gasteiger partial charge in [0.15, 0.2) is 11.2 Å². The molecule has 0 spiro atoms. The highest BCUT2D eigenvalue weighted by molar-refractivity contribution is 5.79. The molecule has 3 aromatic heterocycles. The highest BCUT2D eigenvalue weighted by Gasteiger charge is 2.26. The van der Waals surface area contributed by atoms with Gasteiger partial charge in [-0.1, -0.05) is 18.1 Å². The normalized spacial score (nSPS) is 16.1. The molecule has 0 saturated carbocycles. The summed E-state index contributed by atoms with van der Waals surface area (Å²) in [5, 5.41) is 0.956. The fraction of sp³-hybridized carbons (Fsp3) is 0.360. The van der Waals surface area contributed by atoms with Gasteiger partial charge in [0, 0.05) is 37.8 Å². The summed E-state index contributed by atoms with van der Waals surface area (Å²) in [6.45, 7) is 3.67. The van der Waals surface area contributed by atoms with Crippen molar-refractivity contribution in [2.24, 2.45) is 12.8 Å². The van der Waals surface area contributed by atoms with Gasteiger partial charge in [-0.05, 0) is 43.5 Å². The lowest BCUT2D eigenvalue weighted by molar-refractivity contribution is 0.496. The summed E-state index contributed by atoms with van der Waals surface area (Å²) in [4.78, 5) is 38.1. The van der Waals surface area contributed by atoms with Crippen LogP contribution in [-0.2, 0) is 20.1 Å². The highest BCUT2D eigenvalue weighted by Crippen LogP contribution is 2.23. The average Bonchev–Trinajstić information content (AvgIpc) is 3.23. The number of aromatic nitrogens is 5. The lowest BCUT2D eigenvalue weighted by Gasteiger charge is -2.31. The predicted octanol–water partition coefficient (Wildman–Crippen LogP) is 1.44. The second kappa shape index (κ2) is 8.80. The van der Waals surface area contributed by atoms with E-state index in [0.717, 1.165) is 35.9 Å². The smallest absolute Gasteiger partial charge is 0.332 e. The van der Waals surface area contributed by atoms with E-state index in [1.807, 2.05) is 34.9 Å². The first kappa shape index (κ1) is 21.9. The zero-order chi connectivity index (χ0) is 23.8. The molecular weight excluding hydrogens is 430 g/mol. The standard InChI is InChI=1S/C25H27N7O2/c1-3-4-13-31-21-22(28-24(31)30-12-6-8-19(26)16-30)29(2)25(34)32(23(21)33)15-17-9-10-20-18(14-17)7-5-11-27-20/h5,7,9-11,14,19H,6,8,12-13,15-16,26H2,1-2H3. The third kappa shape index (κ3) is 3.76. The van der Waals surface area contributed by atoms with Crippen LogP contribution in [0.5, 0.6) is 0 Å². The van der Waals surface area contributed by atoms with Crippen LogP contribution in [0.15, 0.2) is 46.1 Å². The fourth-order valence-corrected chi connectivity index (χ4v) is 4.65. The van der Waals surface area contributed by atoms with Gasteiger partial charge in [-0.15, -0.1) is 5.92 Å². The van der Waals surface area contributed by atoms with Crippen molar-refractivity contribution in [1.82, 2.24) is 23.7 Å². The number of piperidine rings is 1. The lowest BCUT2D eigenvalue weighted by atomic mass is 10.1. The Hall–Kier alpha value is -3.90. The molecule has 0 radical (unpaired) electrons. The number of hydrogen-bond donors (Lipinski definition) is 1. The number of anilines is 1. The first-order valence-electron chi connectivity index (χ1n) is 11.4. The van der Waals surface area contributed by atoms with E-state index in [-0.39, 0.29) is 18.1 Å². The summed E-state index contributed by atoms with van der Waals surface area (Å²) in [7, 11) is 1.65. The minimum Gasteiger partial charge on any atom is -0.341 e. The molecular formula is C25H27N7O2. The van der Waals surface area contributed by atoms with Gasteiger partial charge in [-0.3, -0.25) is 23.5 Å². The second-order valence-electron chi connectivity index (χ2n) is 8.71. The van der Waals surface area contributed by atoms with Gasteiger partial charge in [-0.2, -0.15) is 4.98 Å². The second-order valence-corrected chi connectivity index (χ2v) is 8.71. The third-order valence-electron chi connectivity index (χ3n) is 6.38. The van der Waals surface area contributed by atoms with Gasteiger partial charge >= 0.3 is 5.69 Å². The summed E-state index contributed by atoms with van der Waals surface area (Å²) in [5.41, 5.74) is 7.88. The van der Waals surface area contributed by atoms with Crippen LogP contribution in [-0.4, -0.2) is 42.8 Å². The Labute approximate surface area is 196 Å². The van der Waals surface area contributed by atoms with Crippen molar-refractivity contribution in [3.63, 3.8) is 0 Å². The molecule has 4 aromatic rings. The summed E-state index contributed by atoms with van der Waals surface area (Å²) in [5.74, 6) is 6.59. The molecule has 1 aliphatic heterocycles.